The van der Waals surface area contributed by atoms with Crippen molar-refractivity contribution in [1.29, 1.82) is 0 Å². The Bertz CT molecular complexity index is 252. The van der Waals surface area contributed by atoms with Gasteiger partial charge in [0.25, 0.3) is 0 Å². The van der Waals surface area contributed by atoms with Crippen molar-refractivity contribution in [3.63, 3.8) is 0 Å². The van der Waals surface area contributed by atoms with Crippen LogP contribution in [0.5, 0.6) is 0 Å². The second-order valence-corrected chi connectivity index (χ2v) is 5.26. The third-order valence-corrected chi connectivity index (χ3v) is 4.01. The second kappa shape index (κ2) is 7.86. The summed E-state index contributed by atoms with van der Waals surface area (Å²) in [6.07, 6.45) is 5.09. The number of thiophene rings is 1. The topological polar surface area (TPSA) is 12.0 Å². The summed E-state index contributed by atoms with van der Waals surface area (Å²) in [5.74, 6) is 0.856. The zero-order chi connectivity index (χ0) is 11.8. The van der Waals surface area contributed by atoms with Crippen LogP contribution in [0.2, 0.25) is 0 Å². The second-order valence-electron chi connectivity index (χ2n) is 4.48. The SMILES string of the molecule is CCCNC(CC(CC)CC)c1ccsc1. The molecule has 2 heteroatoms. The van der Waals surface area contributed by atoms with E-state index in [1.54, 1.807) is 11.3 Å². The van der Waals surface area contributed by atoms with E-state index in [4.69, 9.17) is 0 Å². The van der Waals surface area contributed by atoms with Crippen LogP contribution in [0.3, 0.4) is 0 Å². The van der Waals surface area contributed by atoms with E-state index in [9.17, 15) is 0 Å². The summed E-state index contributed by atoms with van der Waals surface area (Å²) < 4.78 is 0. The first-order valence-electron chi connectivity index (χ1n) is 6.57. The highest BCUT2D eigenvalue weighted by Crippen LogP contribution is 2.26. The van der Waals surface area contributed by atoms with E-state index in [0.717, 1.165) is 12.5 Å². The van der Waals surface area contributed by atoms with Crippen LogP contribution in [-0.2, 0) is 0 Å². The lowest BCUT2D eigenvalue weighted by atomic mass is 9.92. The molecule has 0 spiro atoms. The van der Waals surface area contributed by atoms with Gasteiger partial charge >= 0.3 is 0 Å². The van der Waals surface area contributed by atoms with Crippen LogP contribution in [-0.4, -0.2) is 6.54 Å². The van der Waals surface area contributed by atoms with Gasteiger partial charge in [0.2, 0.25) is 0 Å². The quantitative estimate of drug-likeness (QED) is 0.698. The highest BCUT2D eigenvalue weighted by Gasteiger charge is 2.15. The highest BCUT2D eigenvalue weighted by atomic mass is 32.1. The number of rotatable bonds is 8. The Morgan fingerprint density at radius 1 is 1.25 bits per heavy atom. The molecule has 16 heavy (non-hydrogen) atoms. The maximum absolute atomic E-state index is 3.68. The first-order valence-corrected chi connectivity index (χ1v) is 7.51. The van der Waals surface area contributed by atoms with Crippen LogP contribution >= 0.6 is 11.3 Å². The monoisotopic (exact) mass is 239 g/mol. The molecule has 0 aliphatic heterocycles. The summed E-state index contributed by atoms with van der Waals surface area (Å²) >= 11 is 1.80. The Morgan fingerprint density at radius 2 is 2.00 bits per heavy atom. The van der Waals surface area contributed by atoms with E-state index in [0.29, 0.717) is 6.04 Å². The van der Waals surface area contributed by atoms with Crippen LogP contribution in [0.1, 0.15) is 58.1 Å². The van der Waals surface area contributed by atoms with Gasteiger partial charge in [-0.25, -0.2) is 0 Å². The molecular weight excluding hydrogens is 214 g/mol. The smallest absolute Gasteiger partial charge is 0.0331 e. The van der Waals surface area contributed by atoms with E-state index < -0.39 is 0 Å². The van der Waals surface area contributed by atoms with Crippen molar-refractivity contribution in [1.82, 2.24) is 5.32 Å². The van der Waals surface area contributed by atoms with Crippen molar-refractivity contribution in [2.24, 2.45) is 5.92 Å². The van der Waals surface area contributed by atoms with Crippen LogP contribution in [0.4, 0.5) is 0 Å². The molecule has 1 atom stereocenters. The van der Waals surface area contributed by atoms with Crippen molar-refractivity contribution in [3.8, 4) is 0 Å². The van der Waals surface area contributed by atoms with Gasteiger partial charge in [0, 0.05) is 6.04 Å². The average Bonchev–Trinajstić information content (AvgIpc) is 2.83. The van der Waals surface area contributed by atoms with Crippen molar-refractivity contribution in [2.45, 2.75) is 52.5 Å². The molecule has 0 fully saturated rings. The Labute approximate surface area is 104 Å². The molecule has 0 aliphatic rings. The molecule has 1 N–H and O–H groups in total. The molecular formula is C14H25NS. The molecule has 0 amide bonds. The van der Waals surface area contributed by atoms with Gasteiger partial charge in [0.15, 0.2) is 0 Å². The minimum Gasteiger partial charge on any atom is -0.310 e. The third-order valence-electron chi connectivity index (χ3n) is 3.31. The van der Waals surface area contributed by atoms with Crippen LogP contribution in [0.25, 0.3) is 0 Å². The van der Waals surface area contributed by atoms with E-state index in [-0.39, 0.29) is 0 Å². The molecule has 1 nitrogen and oxygen atoms in total. The molecule has 1 aromatic rings. The van der Waals surface area contributed by atoms with Gasteiger partial charge in [-0.1, -0.05) is 33.6 Å². The predicted molar refractivity (Wildman–Crippen MR) is 74.0 cm³/mol. The number of nitrogens with one attached hydrogen (secondary N) is 1. The minimum atomic E-state index is 0.566. The van der Waals surface area contributed by atoms with Gasteiger partial charge in [0.1, 0.15) is 0 Å². The van der Waals surface area contributed by atoms with Gasteiger partial charge in [0.05, 0.1) is 0 Å². The van der Waals surface area contributed by atoms with E-state index in [2.05, 4.69) is 42.9 Å². The molecule has 0 bridgehead atoms. The molecule has 0 aliphatic carbocycles. The van der Waals surface area contributed by atoms with E-state index in [1.807, 2.05) is 0 Å². The predicted octanol–water partition coefficient (Wildman–Crippen LogP) is 4.62. The molecule has 1 unspecified atom stereocenters. The number of hydrogen-bond acceptors (Lipinski definition) is 2. The van der Waals surface area contributed by atoms with Crippen LogP contribution < -0.4 is 5.32 Å². The summed E-state index contributed by atoms with van der Waals surface area (Å²) in [4.78, 5) is 0. The van der Waals surface area contributed by atoms with Gasteiger partial charge in [-0.05, 0) is 47.7 Å². The summed E-state index contributed by atoms with van der Waals surface area (Å²) in [6, 6.07) is 2.83. The van der Waals surface area contributed by atoms with Crippen molar-refractivity contribution < 1.29 is 0 Å². The molecule has 0 saturated carbocycles. The average molecular weight is 239 g/mol. The highest BCUT2D eigenvalue weighted by molar-refractivity contribution is 7.07. The molecule has 1 aromatic heterocycles. The maximum atomic E-state index is 3.68. The minimum absolute atomic E-state index is 0.566. The molecule has 0 radical (unpaired) electrons. The Morgan fingerprint density at radius 3 is 2.50 bits per heavy atom. The summed E-state index contributed by atoms with van der Waals surface area (Å²) in [5.41, 5.74) is 1.48. The van der Waals surface area contributed by atoms with Crippen LogP contribution in [0.15, 0.2) is 16.8 Å². The molecule has 0 aromatic carbocycles. The van der Waals surface area contributed by atoms with Crippen molar-refractivity contribution >= 4 is 11.3 Å². The summed E-state index contributed by atoms with van der Waals surface area (Å²) in [7, 11) is 0. The molecule has 92 valence electrons. The number of hydrogen-bond donors (Lipinski definition) is 1. The fourth-order valence-electron chi connectivity index (χ4n) is 2.08. The molecule has 1 heterocycles. The van der Waals surface area contributed by atoms with E-state index in [1.165, 1.54) is 31.2 Å². The fourth-order valence-corrected chi connectivity index (χ4v) is 2.80. The lowest BCUT2D eigenvalue weighted by Gasteiger charge is -2.22. The van der Waals surface area contributed by atoms with Crippen LogP contribution in [0, 0.1) is 5.92 Å². The van der Waals surface area contributed by atoms with Crippen molar-refractivity contribution in [3.05, 3.63) is 22.4 Å². The molecule has 0 saturated heterocycles. The maximum Gasteiger partial charge on any atom is 0.0331 e. The van der Waals surface area contributed by atoms with Crippen molar-refractivity contribution in [2.75, 3.05) is 6.54 Å². The Balaban J connectivity index is 2.56. The van der Waals surface area contributed by atoms with Gasteiger partial charge in [-0.3, -0.25) is 0 Å². The standard InChI is InChI=1S/C14H25NS/c1-4-8-15-14(10-12(5-2)6-3)13-7-9-16-11-13/h7,9,11-12,14-15H,4-6,8,10H2,1-3H3. The lowest BCUT2D eigenvalue weighted by Crippen LogP contribution is -2.24. The first kappa shape index (κ1) is 13.7. The zero-order valence-electron chi connectivity index (χ0n) is 10.8. The van der Waals surface area contributed by atoms with Gasteiger partial charge < -0.3 is 5.32 Å². The molecule has 1 rings (SSSR count). The summed E-state index contributed by atoms with van der Waals surface area (Å²) in [5, 5.41) is 8.15. The zero-order valence-corrected chi connectivity index (χ0v) is 11.6. The van der Waals surface area contributed by atoms with Gasteiger partial charge in [-0.15, -0.1) is 0 Å². The van der Waals surface area contributed by atoms with E-state index >= 15 is 0 Å². The largest absolute Gasteiger partial charge is 0.310 e. The normalized spacial score (nSPS) is 13.2. The summed E-state index contributed by atoms with van der Waals surface area (Å²) in [6.45, 7) is 7.97. The first-order chi connectivity index (χ1) is 7.81. The Hall–Kier alpha value is -0.340. The third kappa shape index (κ3) is 4.26. The lowest BCUT2D eigenvalue weighted by molar-refractivity contribution is 0.372. The Kier molecular flexibility index (Phi) is 6.74. The fraction of sp³-hybridized carbons (Fsp3) is 0.714. The van der Waals surface area contributed by atoms with Gasteiger partial charge in [-0.2, -0.15) is 11.3 Å².